The molecule has 0 radical (unpaired) electrons. The monoisotopic (exact) mass is 309 g/mol. The zero-order chi connectivity index (χ0) is 15.2. The van der Waals surface area contributed by atoms with E-state index >= 15 is 0 Å². The van der Waals surface area contributed by atoms with Crippen molar-refractivity contribution in [3.05, 3.63) is 52.9 Å². The highest BCUT2D eigenvalue weighted by Gasteiger charge is 2.12. The molecule has 0 spiro atoms. The van der Waals surface area contributed by atoms with Crippen LogP contribution in [0.4, 0.5) is 0 Å². The van der Waals surface area contributed by atoms with Gasteiger partial charge in [0.25, 0.3) is 5.91 Å². The quantitative estimate of drug-likeness (QED) is 0.860. The van der Waals surface area contributed by atoms with Crippen molar-refractivity contribution in [3.63, 3.8) is 0 Å². The number of carbonyl (C=O) groups excluding carboxylic acids is 1. The van der Waals surface area contributed by atoms with Crippen molar-refractivity contribution in [3.8, 4) is 5.75 Å². The molecule has 0 aliphatic rings. The fourth-order valence-electron chi connectivity index (χ4n) is 1.76. The maximum absolute atomic E-state index is 11.7. The lowest BCUT2D eigenvalue weighted by atomic mass is 10.2. The fourth-order valence-corrected chi connectivity index (χ4v) is 1.99. The van der Waals surface area contributed by atoms with Crippen LogP contribution in [0.5, 0.6) is 5.75 Å². The number of hydrogen-bond donors (Lipinski definition) is 2. The highest BCUT2D eigenvalue weighted by Crippen LogP contribution is 2.21. The van der Waals surface area contributed by atoms with Crippen LogP contribution in [0.1, 0.15) is 17.4 Å². The largest absolute Gasteiger partial charge is 0.484 e. The number of halogens is 1. The molecule has 21 heavy (non-hydrogen) atoms. The number of carbonyl (C=O) groups is 1. The predicted molar refractivity (Wildman–Crippen MR) is 78.4 cm³/mol. The molecule has 0 saturated heterocycles. The minimum absolute atomic E-state index is 0.0648. The number of aliphatic hydroxyl groups is 1. The van der Waals surface area contributed by atoms with Crippen LogP contribution >= 0.6 is 11.6 Å². The molecule has 6 heteroatoms. The highest BCUT2D eigenvalue weighted by molar-refractivity contribution is 6.30. The smallest absolute Gasteiger partial charge is 0.258 e. The predicted octanol–water partition coefficient (Wildman–Crippen LogP) is 2.47. The number of amides is 1. The summed E-state index contributed by atoms with van der Waals surface area (Å²) in [5.74, 6) is 0.681. The molecule has 2 N–H and O–H groups in total. The van der Waals surface area contributed by atoms with Gasteiger partial charge in [0, 0.05) is 5.02 Å². The Kier molecular flexibility index (Phi) is 5.25. The summed E-state index contributed by atoms with van der Waals surface area (Å²) >= 11 is 5.84. The molecule has 0 saturated carbocycles. The highest BCUT2D eigenvalue weighted by atomic mass is 35.5. The zero-order valence-corrected chi connectivity index (χ0v) is 12.3. The third-order valence-electron chi connectivity index (χ3n) is 2.86. The van der Waals surface area contributed by atoms with Crippen LogP contribution in [-0.2, 0) is 4.79 Å². The summed E-state index contributed by atoms with van der Waals surface area (Å²) < 4.78 is 10.4. The van der Waals surface area contributed by atoms with Crippen LogP contribution in [0, 0.1) is 6.92 Å². The van der Waals surface area contributed by atoms with Crippen LogP contribution in [0.2, 0.25) is 5.02 Å². The van der Waals surface area contributed by atoms with Gasteiger partial charge in [0.05, 0.1) is 12.8 Å². The summed E-state index contributed by atoms with van der Waals surface area (Å²) in [6.45, 7) is 1.78. The first-order valence-corrected chi connectivity index (χ1v) is 6.81. The average Bonchev–Trinajstić information content (AvgIpc) is 2.98. The number of benzene rings is 1. The first kappa shape index (κ1) is 15.4. The molecular formula is C15H16ClNO4. The molecule has 0 aliphatic carbocycles. The van der Waals surface area contributed by atoms with Gasteiger partial charge in [-0.05, 0) is 42.8 Å². The van der Waals surface area contributed by atoms with Gasteiger partial charge in [-0.3, -0.25) is 4.79 Å². The Morgan fingerprint density at radius 3 is 2.95 bits per heavy atom. The molecule has 1 aromatic heterocycles. The lowest BCUT2D eigenvalue weighted by molar-refractivity contribution is -0.123. The molecule has 2 aromatic rings. The lowest BCUT2D eigenvalue weighted by Crippen LogP contribution is -2.32. The Morgan fingerprint density at radius 2 is 2.29 bits per heavy atom. The summed E-state index contributed by atoms with van der Waals surface area (Å²) in [6, 6.07) is 8.48. The van der Waals surface area contributed by atoms with Gasteiger partial charge in [0.15, 0.2) is 6.61 Å². The van der Waals surface area contributed by atoms with Gasteiger partial charge in [0.2, 0.25) is 0 Å². The van der Waals surface area contributed by atoms with Crippen molar-refractivity contribution in [1.82, 2.24) is 5.32 Å². The fraction of sp³-hybridized carbons (Fsp3) is 0.267. The SMILES string of the molecule is Cc1cc(Cl)ccc1OCC(=O)NCC(O)c1ccco1. The van der Waals surface area contributed by atoms with E-state index in [0.29, 0.717) is 16.5 Å². The number of aryl methyl sites for hydroxylation is 1. The minimum Gasteiger partial charge on any atom is -0.484 e. The number of aliphatic hydroxyl groups excluding tert-OH is 1. The van der Waals surface area contributed by atoms with Gasteiger partial charge in [-0.1, -0.05) is 11.6 Å². The standard InChI is InChI=1S/C15H16ClNO4/c1-10-7-11(16)4-5-13(10)21-9-15(19)17-8-12(18)14-3-2-6-20-14/h2-7,12,18H,8-9H2,1H3,(H,17,19). The summed E-state index contributed by atoms with van der Waals surface area (Å²) in [5, 5.41) is 12.9. The zero-order valence-electron chi connectivity index (χ0n) is 11.5. The average molecular weight is 310 g/mol. The molecule has 5 nitrogen and oxygen atoms in total. The van der Waals surface area contributed by atoms with Crippen LogP contribution in [0.15, 0.2) is 41.0 Å². The van der Waals surface area contributed by atoms with E-state index in [9.17, 15) is 9.90 Å². The molecule has 0 fully saturated rings. The van der Waals surface area contributed by atoms with Crippen LogP contribution in [0.3, 0.4) is 0 Å². The van der Waals surface area contributed by atoms with Crippen LogP contribution in [-0.4, -0.2) is 24.2 Å². The number of nitrogens with one attached hydrogen (secondary N) is 1. The van der Waals surface area contributed by atoms with E-state index in [4.69, 9.17) is 20.8 Å². The molecule has 1 heterocycles. The second-order valence-electron chi connectivity index (χ2n) is 4.53. The molecule has 1 atom stereocenters. The molecule has 1 unspecified atom stereocenters. The first-order chi connectivity index (χ1) is 10.1. The molecule has 112 valence electrons. The van der Waals surface area contributed by atoms with E-state index in [1.54, 1.807) is 30.3 Å². The lowest BCUT2D eigenvalue weighted by Gasteiger charge is -2.11. The summed E-state index contributed by atoms with van der Waals surface area (Å²) in [5.41, 5.74) is 0.853. The van der Waals surface area contributed by atoms with Crippen molar-refractivity contribution in [1.29, 1.82) is 0 Å². The number of furan rings is 1. The summed E-state index contributed by atoms with van der Waals surface area (Å²) in [4.78, 5) is 11.7. The van der Waals surface area contributed by atoms with Crippen molar-refractivity contribution >= 4 is 17.5 Å². The van der Waals surface area contributed by atoms with E-state index in [0.717, 1.165) is 5.56 Å². The summed E-state index contributed by atoms with van der Waals surface area (Å²) in [6.07, 6.45) is 0.591. The maximum Gasteiger partial charge on any atom is 0.258 e. The minimum atomic E-state index is -0.874. The van der Waals surface area contributed by atoms with Gasteiger partial charge in [0.1, 0.15) is 17.6 Å². The normalized spacial score (nSPS) is 12.0. The molecular weight excluding hydrogens is 294 g/mol. The number of ether oxygens (including phenoxy) is 1. The molecule has 0 aliphatic heterocycles. The van der Waals surface area contributed by atoms with E-state index < -0.39 is 6.10 Å². The third kappa shape index (κ3) is 4.51. The summed E-state index contributed by atoms with van der Waals surface area (Å²) in [7, 11) is 0. The van der Waals surface area contributed by atoms with Crippen LogP contribution < -0.4 is 10.1 Å². The Morgan fingerprint density at radius 1 is 1.48 bits per heavy atom. The van der Waals surface area contributed by atoms with Gasteiger partial charge in [-0.2, -0.15) is 0 Å². The van der Waals surface area contributed by atoms with Crippen molar-refractivity contribution in [2.24, 2.45) is 0 Å². The molecule has 1 amide bonds. The first-order valence-electron chi connectivity index (χ1n) is 6.43. The van der Waals surface area contributed by atoms with E-state index in [2.05, 4.69) is 5.32 Å². The second-order valence-corrected chi connectivity index (χ2v) is 4.97. The Labute approximate surface area is 127 Å². The topological polar surface area (TPSA) is 71.7 Å². The second kappa shape index (κ2) is 7.15. The molecule has 0 bridgehead atoms. The van der Waals surface area contributed by atoms with Gasteiger partial charge < -0.3 is 19.6 Å². The van der Waals surface area contributed by atoms with Gasteiger partial charge in [-0.25, -0.2) is 0 Å². The Balaban J connectivity index is 1.77. The van der Waals surface area contributed by atoms with Crippen molar-refractivity contribution < 1.29 is 19.1 Å². The number of rotatable bonds is 6. The van der Waals surface area contributed by atoms with Crippen molar-refractivity contribution in [2.45, 2.75) is 13.0 Å². The van der Waals surface area contributed by atoms with Gasteiger partial charge in [-0.15, -0.1) is 0 Å². The Bertz CT molecular complexity index is 598. The van der Waals surface area contributed by atoms with Gasteiger partial charge >= 0.3 is 0 Å². The Hall–Kier alpha value is -1.98. The molecule has 1 aromatic carbocycles. The molecule has 2 rings (SSSR count). The maximum atomic E-state index is 11.7. The van der Waals surface area contributed by atoms with Crippen LogP contribution in [0.25, 0.3) is 0 Å². The van der Waals surface area contributed by atoms with E-state index in [1.807, 2.05) is 6.92 Å². The van der Waals surface area contributed by atoms with Crippen molar-refractivity contribution in [2.75, 3.05) is 13.2 Å². The third-order valence-corrected chi connectivity index (χ3v) is 3.10. The van der Waals surface area contributed by atoms with E-state index in [-0.39, 0.29) is 19.1 Å². The number of hydrogen-bond acceptors (Lipinski definition) is 4. The van der Waals surface area contributed by atoms with E-state index in [1.165, 1.54) is 6.26 Å².